The number of nitrogen functional groups attached to an aromatic ring is 1. The highest BCUT2D eigenvalue weighted by atomic mass is 32.2. The van der Waals surface area contributed by atoms with Gasteiger partial charge in [-0.3, -0.25) is 5.10 Å². The summed E-state index contributed by atoms with van der Waals surface area (Å²) in [4.78, 5) is 4.85. The maximum Gasteiger partial charge on any atom is 0.238 e. The van der Waals surface area contributed by atoms with Crippen molar-refractivity contribution in [1.29, 1.82) is 0 Å². The van der Waals surface area contributed by atoms with Gasteiger partial charge in [0, 0.05) is 10.9 Å². The molecule has 3 heterocycles. The molecule has 3 aromatic carbocycles. The number of aromatic nitrogens is 6. The third-order valence-electron chi connectivity index (χ3n) is 6.49. The molecule has 0 amide bonds. The second kappa shape index (κ2) is 8.29. The van der Waals surface area contributed by atoms with Crippen molar-refractivity contribution >= 4 is 37.8 Å². The molecule has 0 aliphatic carbocycles. The summed E-state index contributed by atoms with van der Waals surface area (Å²) in [6.07, 6.45) is 0. The molecular formula is C26H24N8O2S. The quantitative estimate of drug-likeness (QED) is 0.321. The molecule has 0 spiro atoms. The molecule has 11 heteroatoms. The zero-order chi connectivity index (χ0) is 25.9. The third-order valence-corrected chi connectivity index (χ3v) is 7.46. The van der Waals surface area contributed by atoms with Crippen LogP contribution in [0.2, 0.25) is 0 Å². The number of nitrogens with one attached hydrogen (secondary N) is 1. The number of anilines is 1. The Morgan fingerprint density at radius 1 is 1.00 bits per heavy atom. The number of H-pyrrole nitrogens is 1. The van der Waals surface area contributed by atoms with Gasteiger partial charge in [0.1, 0.15) is 5.82 Å². The molecule has 0 atom stereocenters. The highest BCUT2D eigenvalue weighted by molar-refractivity contribution is 7.89. The maximum atomic E-state index is 12.1. The minimum Gasteiger partial charge on any atom is -0.382 e. The summed E-state index contributed by atoms with van der Waals surface area (Å²) in [5.74, 6) is 1.27. The number of nitrogens with zero attached hydrogens (tertiary/aromatic N) is 5. The lowest BCUT2D eigenvalue weighted by Gasteiger charge is -2.11. The van der Waals surface area contributed by atoms with Crippen molar-refractivity contribution in [3.05, 3.63) is 83.9 Å². The molecule has 186 valence electrons. The summed E-state index contributed by atoms with van der Waals surface area (Å²) < 4.78 is 28.3. The van der Waals surface area contributed by atoms with Crippen LogP contribution < -0.4 is 10.9 Å². The lowest BCUT2D eigenvalue weighted by molar-refractivity contribution is 0.598. The molecule has 0 unspecified atom stereocenters. The van der Waals surface area contributed by atoms with E-state index < -0.39 is 10.0 Å². The summed E-state index contributed by atoms with van der Waals surface area (Å²) in [6.45, 7) is 4.44. The summed E-state index contributed by atoms with van der Waals surface area (Å²) in [7, 11) is -3.87. The van der Waals surface area contributed by atoms with Crippen LogP contribution in [-0.2, 0) is 16.6 Å². The lowest BCUT2D eigenvalue weighted by atomic mass is 10.1. The Hall–Kier alpha value is -4.48. The van der Waals surface area contributed by atoms with Crippen molar-refractivity contribution < 1.29 is 8.42 Å². The minimum absolute atomic E-state index is 0.0834. The number of nitrogens with two attached hydrogens (primary N) is 2. The van der Waals surface area contributed by atoms with Crippen molar-refractivity contribution in [2.45, 2.75) is 25.3 Å². The number of aryl methyl sites for hydroxylation is 2. The zero-order valence-corrected chi connectivity index (χ0v) is 21.0. The first-order valence-electron chi connectivity index (χ1n) is 11.6. The third kappa shape index (κ3) is 3.94. The fraction of sp³-hybridized carbons (Fsp3) is 0.115. The monoisotopic (exact) mass is 512 g/mol. The number of sulfonamides is 1. The lowest BCUT2D eigenvalue weighted by Crippen LogP contribution is -2.13. The van der Waals surface area contributed by atoms with Crippen molar-refractivity contribution in [1.82, 2.24) is 29.5 Å². The molecule has 0 fully saturated rings. The Labute approximate surface area is 212 Å². The SMILES string of the molecule is Cc1cc(Cn2c(C)nc3cc(-c4ccccc4S(N)(=O)=O)ccc32)n(-c2ccc3[nH]nc(N)c3c2)n1. The summed E-state index contributed by atoms with van der Waals surface area (Å²) in [5, 5.41) is 18.0. The van der Waals surface area contributed by atoms with Gasteiger partial charge >= 0.3 is 0 Å². The van der Waals surface area contributed by atoms with E-state index in [1.165, 1.54) is 6.07 Å². The van der Waals surface area contributed by atoms with Crippen LogP contribution in [0.1, 0.15) is 17.2 Å². The average Bonchev–Trinajstić information content (AvgIpc) is 3.53. The Morgan fingerprint density at radius 2 is 1.81 bits per heavy atom. The van der Waals surface area contributed by atoms with Gasteiger partial charge in [-0.25, -0.2) is 23.2 Å². The van der Waals surface area contributed by atoms with Gasteiger partial charge in [-0.2, -0.15) is 10.2 Å². The first-order chi connectivity index (χ1) is 17.7. The van der Waals surface area contributed by atoms with Crippen LogP contribution in [0.3, 0.4) is 0 Å². The highest BCUT2D eigenvalue weighted by Gasteiger charge is 2.18. The number of hydrogen-bond donors (Lipinski definition) is 3. The second-order valence-corrected chi connectivity index (χ2v) is 10.5. The molecule has 6 rings (SSSR count). The molecule has 0 saturated carbocycles. The molecule has 0 aliphatic heterocycles. The van der Waals surface area contributed by atoms with Crippen molar-refractivity contribution in [2.75, 3.05) is 5.73 Å². The van der Waals surface area contributed by atoms with E-state index in [9.17, 15) is 8.42 Å². The molecule has 6 aromatic rings. The summed E-state index contributed by atoms with van der Waals surface area (Å²) in [5.41, 5.74) is 12.6. The highest BCUT2D eigenvalue weighted by Crippen LogP contribution is 2.30. The molecule has 0 saturated heterocycles. The van der Waals surface area contributed by atoms with Crippen LogP contribution in [0.4, 0.5) is 5.82 Å². The van der Waals surface area contributed by atoms with Crippen molar-refractivity contribution in [2.24, 2.45) is 5.14 Å². The van der Waals surface area contributed by atoms with Crippen LogP contribution in [0.5, 0.6) is 0 Å². The van der Waals surface area contributed by atoms with Gasteiger partial charge in [0.05, 0.1) is 45.1 Å². The minimum atomic E-state index is -3.87. The number of fused-ring (bicyclic) bond motifs is 2. The van der Waals surface area contributed by atoms with E-state index in [4.69, 9.17) is 21.0 Å². The first kappa shape index (κ1) is 23.0. The Kier molecular flexibility index (Phi) is 5.14. The van der Waals surface area contributed by atoms with E-state index in [1.54, 1.807) is 18.2 Å². The Bertz CT molecular complexity index is 1930. The topological polar surface area (TPSA) is 150 Å². The molecule has 0 bridgehead atoms. The van der Waals surface area contributed by atoms with Crippen molar-refractivity contribution in [3.8, 4) is 16.8 Å². The maximum absolute atomic E-state index is 12.1. The predicted octanol–water partition coefficient (Wildman–Crippen LogP) is 3.66. The Morgan fingerprint density at radius 3 is 2.62 bits per heavy atom. The molecule has 10 nitrogen and oxygen atoms in total. The number of aromatic amines is 1. The molecule has 0 radical (unpaired) electrons. The van der Waals surface area contributed by atoms with Crippen LogP contribution >= 0.6 is 0 Å². The van der Waals surface area contributed by atoms with E-state index >= 15 is 0 Å². The van der Waals surface area contributed by atoms with E-state index in [1.807, 2.05) is 61.0 Å². The Balaban J connectivity index is 1.42. The largest absolute Gasteiger partial charge is 0.382 e. The van der Waals surface area contributed by atoms with Gasteiger partial charge in [-0.15, -0.1) is 0 Å². The first-order valence-corrected chi connectivity index (χ1v) is 13.1. The summed E-state index contributed by atoms with van der Waals surface area (Å²) >= 11 is 0. The van der Waals surface area contributed by atoms with Gasteiger partial charge in [-0.1, -0.05) is 24.3 Å². The number of imidazole rings is 1. The van der Waals surface area contributed by atoms with Gasteiger partial charge < -0.3 is 10.3 Å². The summed E-state index contributed by atoms with van der Waals surface area (Å²) in [6, 6.07) is 20.4. The number of primary sulfonamides is 1. The normalized spacial score (nSPS) is 12.1. The average molecular weight is 513 g/mol. The standard InChI is InChI=1S/C26H24N8O2S/c1-15-11-19(34(32-15)18-8-9-22-21(13-18)26(27)31-30-22)14-33-16(2)29-23-12-17(7-10-24(23)33)20-5-3-4-6-25(20)37(28,35)36/h3-13H,14H2,1-2H3,(H3,27,30,31)(H2,28,35,36). The van der Waals surface area contributed by atoms with Gasteiger partial charge in [-0.05, 0) is 61.9 Å². The zero-order valence-electron chi connectivity index (χ0n) is 20.2. The molecular weight excluding hydrogens is 488 g/mol. The smallest absolute Gasteiger partial charge is 0.238 e. The van der Waals surface area contributed by atoms with Gasteiger partial charge in [0.2, 0.25) is 10.0 Å². The van der Waals surface area contributed by atoms with Crippen molar-refractivity contribution in [3.63, 3.8) is 0 Å². The molecule has 37 heavy (non-hydrogen) atoms. The van der Waals surface area contributed by atoms with E-state index in [2.05, 4.69) is 14.8 Å². The number of rotatable bonds is 5. The van der Waals surface area contributed by atoms with Crippen LogP contribution in [0.15, 0.2) is 71.6 Å². The fourth-order valence-corrected chi connectivity index (χ4v) is 5.54. The van der Waals surface area contributed by atoms with Gasteiger partial charge in [0.25, 0.3) is 0 Å². The van der Waals surface area contributed by atoms with Crippen LogP contribution in [0, 0.1) is 13.8 Å². The second-order valence-electron chi connectivity index (χ2n) is 9.02. The predicted molar refractivity (Wildman–Crippen MR) is 143 cm³/mol. The number of benzene rings is 3. The molecule has 0 aliphatic rings. The van der Waals surface area contributed by atoms with E-state index in [0.717, 1.165) is 50.4 Å². The number of hydrogen-bond acceptors (Lipinski definition) is 6. The molecule has 5 N–H and O–H groups in total. The molecule has 3 aromatic heterocycles. The van der Waals surface area contributed by atoms with Crippen LogP contribution in [-0.4, -0.2) is 37.9 Å². The fourth-order valence-electron chi connectivity index (χ4n) is 4.78. The van der Waals surface area contributed by atoms with Gasteiger partial charge in [0.15, 0.2) is 5.82 Å². The van der Waals surface area contributed by atoms with E-state index in [0.29, 0.717) is 17.9 Å². The van der Waals surface area contributed by atoms with E-state index in [-0.39, 0.29) is 4.90 Å². The van der Waals surface area contributed by atoms with Crippen LogP contribution in [0.25, 0.3) is 38.8 Å².